The van der Waals surface area contributed by atoms with E-state index in [2.05, 4.69) is 46.6 Å². The van der Waals surface area contributed by atoms with Gasteiger partial charge < -0.3 is 9.38 Å². The van der Waals surface area contributed by atoms with E-state index in [1.54, 1.807) is 6.42 Å². The van der Waals surface area contributed by atoms with Crippen molar-refractivity contribution in [3.05, 3.63) is 0 Å². The number of likely N-dealkylation sites (tertiary alicyclic amines) is 1. The summed E-state index contributed by atoms with van der Waals surface area (Å²) >= 11 is 0. The molecule has 1 saturated heterocycles. The summed E-state index contributed by atoms with van der Waals surface area (Å²) in [6.07, 6.45) is 5.85. The van der Waals surface area contributed by atoms with Crippen LogP contribution in [0.15, 0.2) is 0 Å². The Morgan fingerprint density at radius 1 is 0.917 bits per heavy atom. The number of hydrogen-bond donors (Lipinski definition) is 0. The van der Waals surface area contributed by atoms with Crippen LogP contribution < -0.4 is 0 Å². The normalized spacial score (nSPS) is 45.6. The highest BCUT2D eigenvalue weighted by Gasteiger charge is 2.60. The molecule has 1 aliphatic heterocycles. The van der Waals surface area contributed by atoms with Gasteiger partial charge in [0.15, 0.2) is 0 Å². The average molecular weight is 336 g/mol. The van der Waals surface area contributed by atoms with Gasteiger partial charge in [-0.25, -0.2) is 0 Å². The molecule has 0 N–H and O–H groups in total. The quantitative estimate of drug-likeness (QED) is 0.619. The van der Waals surface area contributed by atoms with E-state index in [9.17, 15) is 0 Å². The number of nitrogens with zero attached hydrogens (tertiary/aromatic N) is 2. The molecular formula is C22H43N2+. The van der Waals surface area contributed by atoms with E-state index in [1.165, 1.54) is 56.5 Å². The largest absolute Gasteiger partial charge is 0.321 e. The highest BCUT2D eigenvalue weighted by Crippen LogP contribution is 2.59. The topological polar surface area (TPSA) is 3.24 Å². The Bertz CT molecular complexity index is 422. The smallest absolute Gasteiger partial charge is 0.0859 e. The predicted molar refractivity (Wildman–Crippen MR) is 104 cm³/mol. The Morgan fingerprint density at radius 2 is 1.50 bits per heavy atom. The van der Waals surface area contributed by atoms with Crippen LogP contribution in [0.25, 0.3) is 0 Å². The zero-order chi connectivity index (χ0) is 17.5. The molecule has 0 amide bonds. The fourth-order valence-corrected chi connectivity index (χ4v) is 7.28. The van der Waals surface area contributed by atoms with E-state index >= 15 is 0 Å². The predicted octanol–water partition coefficient (Wildman–Crippen LogP) is 4.50. The molecule has 3 saturated carbocycles. The maximum Gasteiger partial charge on any atom is 0.0859 e. The summed E-state index contributed by atoms with van der Waals surface area (Å²) in [5.41, 5.74) is 0. The number of quaternary nitrogens is 1. The van der Waals surface area contributed by atoms with E-state index in [0.717, 1.165) is 41.5 Å². The minimum atomic E-state index is 0.858. The van der Waals surface area contributed by atoms with Crippen LogP contribution in [0, 0.1) is 35.5 Å². The Balaban J connectivity index is 1.85. The first-order valence-electron chi connectivity index (χ1n) is 11.1. The van der Waals surface area contributed by atoms with Crippen LogP contribution >= 0.6 is 0 Å². The van der Waals surface area contributed by atoms with Crippen LogP contribution in [-0.4, -0.2) is 55.2 Å². The standard InChI is InChI=1S/C22H43N2/c1-7-16(5)24(10-4)14-21-18-11-12-19(22(21)15-24)20(17(18)8-2)13-23(6)9-3/h16-22H,7-15H2,1-6H3/q+1. The fraction of sp³-hybridized carbons (Fsp3) is 1.00. The molecule has 8 atom stereocenters. The minimum Gasteiger partial charge on any atom is -0.321 e. The first kappa shape index (κ1) is 18.7. The molecule has 4 aliphatic rings. The van der Waals surface area contributed by atoms with E-state index in [0.29, 0.717) is 0 Å². The average Bonchev–Trinajstić information content (AvgIpc) is 3.03. The third-order valence-corrected chi connectivity index (χ3v) is 8.97. The van der Waals surface area contributed by atoms with Gasteiger partial charge in [-0.3, -0.25) is 0 Å². The van der Waals surface area contributed by atoms with Gasteiger partial charge in [0.2, 0.25) is 0 Å². The molecule has 0 aromatic heterocycles. The van der Waals surface area contributed by atoms with Crippen molar-refractivity contribution in [3.8, 4) is 0 Å². The second kappa shape index (κ2) is 7.27. The van der Waals surface area contributed by atoms with Gasteiger partial charge in [-0.05, 0) is 70.4 Å². The molecule has 4 fully saturated rings. The van der Waals surface area contributed by atoms with E-state index in [4.69, 9.17) is 0 Å². The third kappa shape index (κ3) is 2.86. The van der Waals surface area contributed by atoms with Gasteiger partial charge in [-0.1, -0.05) is 27.2 Å². The first-order valence-corrected chi connectivity index (χ1v) is 11.1. The van der Waals surface area contributed by atoms with Gasteiger partial charge in [0.05, 0.1) is 25.7 Å². The monoisotopic (exact) mass is 335 g/mol. The van der Waals surface area contributed by atoms with Crippen LogP contribution in [0.2, 0.25) is 0 Å². The van der Waals surface area contributed by atoms with Crippen molar-refractivity contribution < 1.29 is 4.48 Å². The lowest BCUT2D eigenvalue weighted by atomic mass is 9.50. The fourth-order valence-electron chi connectivity index (χ4n) is 7.28. The van der Waals surface area contributed by atoms with Crippen molar-refractivity contribution in [1.82, 2.24) is 4.90 Å². The van der Waals surface area contributed by atoms with Gasteiger partial charge in [0, 0.05) is 18.4 Å². The second-order valence-electron chi connectivity index (χ2n) is 9.48. The molecule has 2 heteroatoms. The van der Waals surface area contributed by atoms with Gasteiger partial charge in [0.25, 0.3) is 0 Å². The molecule has 0 spiro atoms. The summed E-state index contributed by atoms with van der Waals surface area (Å²) in [6.45, 7) is 19.1. The zero-order valence-corrected chi connectivity index (χ0v) is 17.3. The number of rotatable bonds is 7. The maximum absolute atomic E-state index is 2.59. The van der Waals surface area contributed by atoms with Crippen LogP contribution in [0.3, 0.4) is 0 Å². The maximum atomic E-state index is 2.59. The SMILES string of the molecule is CCC1C2CCC(C1CN(C)CC)C1C[N+](CC)(C(C)CC)CC21. The molecule has 8 unspecified atom stereocenters. The molecule has 0 aromatic carbocycles. The second-order valence-corrected chi connectivity index (χ2v) is 9.48. The van der Waals surface area contributed by atoms with Gasteiger partial charge in [0.1, 0.15) is 0 Å². The number of hydrogen-bond acceptors (Lipinski definition) is 1. The van der Waals surface area contributed by atoms with Gasteiger partial charge >= 0.3 is 0 Å². The van der Waals surface area contributed by atoms with Crippen LogP contribution in [0.4, 0.5) is 0 Å². The van der Waals surface area contributed by atoms with Crippen molar-refractivity contribution in [3.63, 3.8) is 0 Å². The molecular weight excluding hydrogens is 292 g/mol. The molecule has 3 aliphatic carbocycles. The summed E-state index contributed by atoms with van der Waals surface area (Å²) in [6, 6.07) is 0.858. The van der Waals surface area contributed by atoms with E-state index in [1.807, 2.05) is 0 Å². The zero-order valence-electron chi connectivity index (χ0n) is 17.3. The summed E-state index contributed by atoms with van der Waals surface area (Å²) in [4.78, 5) is 2.59. The van der Waals surface area contributed by atoms with Crippen molar-refractivity contribution in [2.45, 2.75) is 66.3 Å². The summed E-state index contributed by atoms with van der Waals surface area (Å²) < 4.78 is 1.44. The molecule has 24 heavy (non-hydrogen) atoms. The summed E-state index contributed by atoms with van der Waals surface area (Å²) in [5, 5.41) is 0. The molecule has 4 rings (SSSR count). The van der Waals surface area contributed by atoms with Gasteiger partial charge in [-0.15, -0.1) is 0 Å². The Hall–Kier alpha value is -0.0800. The highest BCUT2D eigenvalue weighted by atomic mass is 15.4. The molecule has 140 valence electrons. The summed E-state index contributed by atoms with van der Waals surface area (Å²) in [7, 11) is 2.34. The van der Waals surface area contributed by atoms with Crippen LogP contribution in [0.5, 0.6) is 0 Å². The highest BCUT2D eigenvalue weighted by molar-refractivity contribution is 5.03. The Morgan fingerprint density at radius 3 is 1.96 bits per heavy atom. The van der Waals surface area contributed by atoms with Crippen LogP contribution in [0.1, 0.15) is 60.3 Å². The lowest BCUT2D eigenvalue weighted by Crippen LogP contribution is -2.53. The lowest BCUT2D eigenvalue weighted by molar-refractivity contribution is -0.939. The van der Waals surface area contributed by atoms with Crippen molar-refractivity contribution >= 4 is 0 Å². The Labute approximate surface area is 151 Å². The van der Waals surface area contributed by atoms with Gasteiger partial charge in [-0.2, -0.15) is 0 Å². The number of fused-ring (bicyclic) bond motifs is 2. The molecule has 0 radical (unpaired) electrons. The van der Waals surface area contributed by atoms with Crippen molar-refractivity contribution in [1.29, 1.82) is 0 Å². The van der Waals surface area contributed by atoms with E-state index in [-0.39, 0.29) is 0 Å². The lowest BCUT2D eigenvalue weighted by Gasteiger charge is -2.54. The third-order valence-electron chi connectivity index (χ3n) is 8.97. The van der Waals surface area contributed by atoms with E-state index < -0.39 is 0 Å². The Kier molecular flexibility index (Phi) is 5.67. The van der Waals surface area contributed by atoms with Crippen molar-refractivity contribution in [2.24, 2.45) is 35.5 Å². The summed E-state index contributed by atoms with van der Waals surface area (Å²) in [5.74, 6) is 6.13. The molecule has 1 heterocycles. The van der Waals surface area contributed by atoms with Crippen LogP contribution in [-0.2, 0) is 0 Å². The first-order chi connectivity index (χ1) is 11.5. The molecule has 2 nitrogen and oxygen atoms in total. The van der Waals surface area contributed by atoms with Crippen molar-refractivity contribution in [2.75, 3.05) is 39.8 Å². The molecule has 2 bridgehead atoms. The molecule has 0 aromatic rings. The minimum absolute atomic E-state index is 0.858.